The van der Waals surface area contributed by atoms with E-state index in [4.69, 9.17) is 0 Å². The first-order valence-corrected chi connectivity index (χ1v) is 4.23. The summed E-state index contributed by atoms with van der Waals surface area (Å²) >= 11 is -0.254. The first-order valence-electron chi connectivity index (χ1n) is 1.39. The van der Waals surface area contributed by atoms with Gasteiger partial charge in [0.25, 0.3) is 0 Å². The predicted octanol–water partition coefficient (Wildman–Crippen LogP) is 1.36. The molecule has 0 rings (SSSR count). The van der Waals surface area contributed by atoms with E-state index in [-0.39, 0.29) is 23.2 Å². The molecular formula is C4H6Zr. The van der Waals surface area contributed by atoms with Crippen molar-refractivity contribution in [2.24, 2.45) is 0 Å². The monoisotopic (exact) mass is 144 g/mol. The van der Waals surface area contributed by atoms with E-state index in [0.29, 0.717) is 0 Å². The second kappa shape index (κ2) is 4.36. The summed E-state index contributed by atoms with van der Waals surface area (Å²) in [5, 5.41) is 0. The third-order valence-electron chi connectivity index (χ3n) is 0.236. The van der Waals surface area contributed by atoms with Crippen molar-refractivity contribution >= 4 is 0 Å². The summed E-state index contributed by atoms with van der Waals surface area (Å²) in [6.45, 7) is 7.11. The molecule has 0 aliphatic carbocycles. The average molecular weight is 145 g/mol. The van der Waals surface area contributed by atoms with E-state index >= 15 is 0 Å². The summed E-state index contributed by atoms with van der Waals surface area (Å²) in [4.78, 5) is 0. The summed E-state index contributed by atoms with van der Waals surface area (Å²) < 4.78 is 3.96. The summed E-state index contributed by atoms with van der Waals surface area (Å²) in [5.74, 6) is 0. The van der Waals surface area contributed by atoms with Crippen molar-refractivity contribution in [2.45, 2.75) is 0 Å². The van der Waals surface area contributed by atoms with Gasteiger partial charge in [0.1, 0.15) is 0 Å². The van der Waals surface area contributed by atoms with E-state index in [1.54, 1.807) is 0 Å². The van der Waals surface area contributed by atoms with Crippen molar-refractivity contribution in [1.29, 1.82) is 0 Å². The zero-order valence-corrected chi connectivity index (χ0v) is 5.53. The summed E-state index contributed by atoms with van der Waals surface area (Å²) in [6, 6.07) is 0. The number of hydrogen-bond donors (Lipinski definition) is 0. The SMILES string of the molecule is C=[CH][Zr][CH]=C. The number of rotatable bonds is 2. The first-order chi connectivity index (χ1) is 2.41. The van der Waals surface area contributed by atoms with Crippen molar-refractivity contribution < 1.29 is 23.2 Å². The normalized spacial score (nSPS) is 5.60. The molecule has 0 saturated carbocycles. The molecule has 0 saturated heterocycles. The Morgan fingerprint density at radius 1 is 1.20 bits per heavy atom. The Morgan fingerprint density at radius 3 is 1.60 bits per heavy atom. The van der Waals surface area contributed by atoms with Gasteiger partial charge in [-0.2, -0.15) is 0 Å². The van der Waals surface area contributed by atoms with E-state index < -0.39 is 0 Å². The van der Waals surface area contributed by atoms with Gasteiger partial charge in [0.2, 0.25) is 0 Å². The van der Waals surface area contributed by atoms with Crippen LogP contribution < -0.4 is 0 Å². The Labute approximate surface area is 44.2 Å². The van der Waals surface area contributed by atoms with Crippen LogP contribution in [0, 0.1) is 0 Å². The molecule has 0 amide bonds. The molecule has 0 aromatic rings. The Morgan fingerprint density at radius 2 is 1.60 bits per heavy atom. The maximum absolute atomic E-state index is 3.55. The summed E-state index contributed by atoms with van der Waals surface area (Å²) in [5.41, 5.74) is 0. The van der Waals surface area contributed by atoms with Crippen LogP contribution in [0.1, 0.15) is 0 Å². The minimum absolute atomic E-state index is 0.254. The maximum atomic E-state index is 3.55. The molecule has 0 aliphatic heterocycles. The zero-order valence-electron chi connectivity index (χ0n) is 3.07. The standard InChI is InChI=1S/2C2H3.Zr/c2*1-2;/h2*1H,2H2;. The van der Waals surface area contributed by atoms with Crippen LogP contribution in [0.3, 0.4) is 0 Å². The third kappa shape index (κ3) is 4.36. The first kappa shape index (κ1) is 5.36. The van der Waals surface area contributed by atoms with Crippen LogP contribution in [-0.4, -0.2) is 0 Å². The van der Waals surface area contributed by atoms with Crippen LogP contribution in [0.4, 0.5) is 0 Å². The van der Waals surface area contributed by atoms with Gasteiger partial charge in [-0.1, -0.05) is 0 Å². The van der Waals surface area contributed by atoms with E-state index in [1.807, 2.05) is 7.57 Å². The average Bonchev–Trinajstić information content (AvgIpc) is 1.41. The molecule has 0 heterocycles. The van der Waals surface area contributed by atoms with E-state index in [1.165, 1.54) is 0 Å². The van der Waals surface area contributed by atoms with Crippen molar-refractivity contribution in [2.75, 3.05) is 0 Å². The van der Waals surface area contributed by atoms with Gasteiger partial charge in [-0.05, 0) is 0 Å². The summed E-state index contributed by atoms with van der Waals surface area (Å²) in [7, 11) is 0. The van der Waals surface area contributed by atoms with Crippen LogP contribution in [0.5, 0.6) is 0 Å². The quantitative estimate of drug-likeness (QED) is 0.550. The van der Waals surface area contributed by atoms with Gasteiger partial charge < -0.3 is 0 Å². The molecule has 0 N–H and O–H groups in total. The molecule has 5 heavy (non-hydrogen) atoms. The van der Waals surface area contributed by atoms with Crippen molar-refractivity contribution in [3.63, 3.8) is 0 Å². The van der Waals surface area contributed by atoms with Crippen LogP contribution in [0.15, 0.2) is 20.7 Å². The van der Waals surface area contributed by atoms with Gasteiger partial charge in [-0.15, -0.1) is 0 Å². The Kier molecular flexibility index (Phi) is 4.68. The van der Waals surface area contributed by atoms with Crippen LogP contribution in [0.2, 0.25) is 0 Å². The molecule has 0 nitrogen and oxygen atoms in total. The van der Waals surface area contributed by atoms with E-state index in [9.17, 15) is 0 Å². The molecule has 26 valence electrons. The van der Waals surface area contributed by atoms with Crippen molar-refractivity contribution in [1.82, 2.24) is 0 Å². The summed E-state index contributed by atoms with van der Waals surface area (Å²) in [6.07, 6.45) is 0. The zero-order chi connectivity index (χ0) is 4.12. The minimum atomic E-state index is -0.254. The molecule has 0 atom stereocenters. The molecule has 0 fully saturated rings. The molecule has 1 heteroatoms. The number of hydrogen-bond acceptors (Lipinski definition) is 0. The Balaban J connectivity index is 2.65. The molecule has 0 aliphatic rings. The second-order valence-corrected chi connectivity index (χ2v) is 3.40. The fourth-order valence-corrected chi connectivity index (χ4v) is 0.493. The van der Waals surface area contributed by atoms with Gasteiger partial charge in [-0.25, -0.2) is 0 Å². The Bertz CT molecular complexity index is 32.9. The molecule has 0 aromatic heterocycles. The van der Waals surface area contributed by atoms with Gasteiger partial charge >= 0.3 is 44.0 Å². The molecule has 0 radical (unpaired) electrons. The van der Waals surface area contributed by atoms with E-state index in [0.717, 1.165) is 0 Å². The topological polar surface area (TPSA) is 0 Å². The predicted molar refractivity (Wildman–Crippen MR) is 20.4 cm³/mol. The van der Waals surface area contributed by atoms with Gasteiger partial charge in [0, 0.05) is 0 Å². The molecule has 0 unspecified atom stereocenters. The fourth-order valence-electron chi connectivity index (χ4n) is 0.0833. The van der Waals surface area contributed by atoms with E-state index in [2.05, 4.69) is 13.2 Å². The van der Waals surface area contributed by atoms with Crippen LogP contribution in [0.25, 0.3) is 0 Å². The van der Waals surface area contributed by atoms with Gasteiger partial charge in [0.05, 0.1) is 0 Å². The van der Waals surface area contributed by atoms with Crippen molar-refractivity contribution in [3.8, 4) is 0 Å². The molecular weight excluding hydrogens is 139 g/mol. The third-order valence-corrected chi connectivity index (χ3v) is 1.39. The molecule has 0 bridgehead atoms. The Hall–Kier alpha value is 0.363. The van der Waals surface area contributed by atoms with Crippen molar-refractivity contribution in [3.05, 3.63) is 20.7 Å². The second-order valence-electron chi connectivity index (χ2n) is 0.575. The fraction of sp³-hybridized carbons (Fsp3) is 0. The molecule has 0 aromatic carbocycles. The van der Waals surface area contributed by atoms with Gasteiger partial charge in [-0.3, -0.25) is 0 Å². The van der Waals surface area contributed by atoms with Gasteiger partial charge in [0.15, 0.2) is 0 Å². The van der Waals surface area contributed by atoms with Crippen LogP contribution in [-0.2, 0) is 23.2 Å². The molecule has 0 spiro atoms. The van der Waals surface area contributed by atoms with Crippen LogP contribution >= 0.6 is 0 Å².